The van der Waals surface area contributed by atoms with Gasteiger partial charge >= 0.3 is 0 Å². The van der Waals surface area contributed by atoms with Crippen molar-refractivity contribution < 1.29 is 9.21 Å². The molecule has 0 fully saturated rings. The molecular weight excluding hydrogens is 314 g/mol. The summed E-state index contributed by atoms with van der Waals surface area (Å²) in [6.07, 6.45) is 0. The normalized spacial score (nSPS) is 11.1. The second kappa shape index (κ2) is 6.55. The smallest absolute Gasteiger partial charge is 0.251 e. The lowest BCUT2D eigenvalue weighted by Crippen LogP contribution is -2.29. The fourth-order valence-electron chi connectivity index (χ4n) is 2.88. The molecule has 2 aromatic carbocycles. The van der Waals surface area contributed by atoms with Crippen LogP contribution in [0.5, 0.6) is 0 Å². The van der Waals surface area contributed by atoms with Crippen LogP contribution >= 0.6 is 0 Å². The SMILES string of the molecule is Cc1cc(C)c2oc(-c3ccc(C(=O)NC(C)C)cc3)cc(=O)c2c1. The molecule has 3 rings (SSSR count). The summed E-state index contributed by atoms with van der Waals surface area (Å²) in [5, 5.41) is 3.44. The highest BCUT2D eigenvalue weighted by Crippen LogP contribution is 2.25. The second-order valence-corrected chi connectivity index (χ2v) is 6.64. The Hall–Kier alpha value is -2.88. The summed E-state index contributed by atoms with van der Waals surface area (Å²) in [5.41, 5.74) is 3.85. The van der Waals surface area contributed by atoms with Gasteiger partial charge in [0.25, 0.3) is 5.91 Å². The van der Waals surface area contributed by atoms with E-state index in [4.69, 9.17) is 4.42 Å². The van der Waals surface area contributed by atoms with E-state index in [1.54, 1.807) is 24.3 Å². The Balaban J connectivity index is 2.02. The van der Waals surface area contributed by atoms with E-state index in [2.05, 4.69) is 5.32 Å². The molecule has 3 aromatic rings. The molecule has 1 N–H and O–H groups in total. The first-order valence-electron chi connectivity index (χ1n) is 8.31. The number of carbonyl (C=O) groups is 1. The number of aryl methyl sites for hydroxylation is 2. The van der Waals surface area contributed by atoms with E-state index >= 15 is 0 Å². The number of carbonyl (C=O) groups excluding carboxylic acids is 1. The largest absolute Gasteiger partial charge is 0.456 e. The zero-order chi connectivity index (χ0) is 18.1. The van der Waals surface area contributed by atoms with E-state index in [0.717, 1.165) is 16.7 Å². The minimum atomic E-state index is -0.118. The third kappa shape index (κ3) is 3.48. The van der Waals surface area contributed by atoms with Crippen LogP contribution in [0.1, 0.15) is 35.3 Å². The molecular formula is C21H21NO3. The highest BCUT2D eigenvalue weighted by Gasteiger charge is 2.11. The first-order valence-corrected chi connectivity index (χ1v) is 8.31. The molecule has 0 radical (unpaired) electrons. The van der Waals surface area contributed by atoms with Gasteiger partial charge in [0.05, 0.1) is 5.39 Å². The van der Waals surface area contributed by atoms with Crippen molar-refractivity contribution in [3.63, 3.8) is 0 Å². The van der Waals surface area contributed by atoms with Crippen molar-refractivity contribution in [3.05, 3.63) is 69.4 Å². The third-order valence-electron chi connectivity index (χ3n) is 4.01. The van der Waals surface area contributed by atoms with Gasteiger partial charge < -0.3 is 9.73 Å². The van der Waals surface area contributed by atoms with E-state index in [1.807, 2.05) is 39.8 Å². The van der Waals surface area contributed by atoms with Crippen LogP contribution in [0.15, 0.2) is 51.7 Å². The predicted octanol–water partition coefficient (Wildman–Crippen LogP) is 4.22. The standard InChI is InChI=1S/C21H21NO3/c1-12(2)22-21(24)16-7-5-15(6-8-16)19-11-18(23)17-10-13(3)9-14(4)20(17)25-19/h5-12H,1-4H3,(H,22,24). The van der Waals surface area contributed by atoms with Crippen LogP contribution < -0.4 is 10.7 Å². The van der Waals surface area contributed by atoms with E-state index in [9.17, 15) is 9.59 Å². The van der Waals surface area contributed by atoms with Gasteiger partial charge in [-0.15, -0.1) is 0 Å². The van der Waals surface area contributed by atoms with Crippen LogP contribution in [-0.4, -0.2) is 11.9 Å². The van der Waals surface area contributed by atoms with Crippen LogP contribution in [0.3, 0.4) is 0 Å². The molecule has 0 aliphatic rings. The molecule has 0 saturated carbocycles. The topological polar surface area (TPSA) is 59.3 Å². The summed E-state index contributed by atoms with van der Waals surface area (Å²) in [6.45, 7) is 7.72. The van der Waals surface area contributed by atoms with Crippen molar-refractivity contribution in [2.45, 2.75) is 33.7 Å². The molecule has 128 valence electrons. The van der Waals surface area contributed by atoms with E-state index in [0.29, 0.717) is 22.3 Å². The second-order valence-electron chi connectivity index (χ2n) is 6.64. The Bertz CT molecular complexity index is 998. The predicted molar refractivity (Wildman–Crippen MR) is 100.0 cm³/mol. The molecule has 0 bridgehead atoms. The molecule has 4 heteroatoms. The highest BCUT2D eigenvalue weighted by atomic mass is 16.3. The molecule has 4 nitrogen and oxygen atoms in total. The van der Waals surface area contributed by atoms with Gasteiger partial charge in [0.1, 0.15) is 11.3 Å². The monoisotopic (exact) mass is 335 g/mol. The fraction of sp³-hybridized carbons (Fsp3) is 0.238. The molecule has 1 heterocycles. The first-order chi connectivity index (χ1) is 11.8. The van der Waals surface area contributed by atoms with Gasteiger partial charge in [0.2, 0.25) is 0 Å². The maximum Gasteiger partial charge on any atom is 0.251 e. The van der Waals surface area contributed by atoms with Crippen LogP contribution in [0.4, 0.5) is 0 Å². The van der Waals surface area contributed by atoms with Crippen molar-refractivity contribution in [2.75, 3.05) is 0 Å². The van der Waals surface area contributed by atoms with Crippen molar-refractivity contribution in [1.82, 2.24) is 5.32 Å². The number of amides is 1. The third-order valence-corrected chi connectivity index (χ3v) is 4.01. The first kappa shape index (κ1) is 17.0. The van der Waals surface area contributed by atoms with Crippen LogP contribution in [0.2, 0.25) is 0 Å². The van der Waals surface area contributed by atoms with Gasteiger partial charge in [-0.3, -0.25) is 9.59 Å². The van der Waals surface area contributed by atoms with E-state index < -0.39 is 0 Å². The lowest BCUT2D eigenvalue weighted by molar-refractivity contribution is 0.0943. The lowest BCUT2D eigenvalue weighted by Gasteiger charge is -2.09. The lowest BCUT2D eigenvalue weighted by atomic mass is 10.1. The number of benzene rings is 2. The summed E-state index contributed by atoms with van der Waals surface area (Å²) in [5.74, 6) is 0.383. The van der Waals surface area contributed by atoms with Crippen molar-refractivity contribution in [1.29, 1.82) is 0 Å². The fourth-order valence-corrected chi connectivity index (χ4v) is 2.88. The number of nitrogens with one attached hydrogen (secondary N) is 1. The summed E-state index contributed by atoms with van der Waals surface area (Å²) >= 11 is 0. The van der Waals surface area contributed by atoms with Gasteiger partial charge in [-0.2, -0.15) is 0 Å². The number of rotatable bonds is 3. The number of hydrogen-bond donors (Lipinski definition) is 1. The molecule has 0 aliphatic carbocycles. The molecule has 0 atom stereocenters. The van der Waals surface area contributed by atoms with Crippen LogP contribution in [0, 0.1) is 13.8 Å². The summed E-state index contributed by atoms with van der Waals surface area (Å²) in [4.78, 5) is 24.5. The Morgan fingerprint density at radius 2 is 1.72 bits per heavy atom. The Labute approximate surface area is 146 Å². The number of fused-ring (bicyclic) bond motifs is 1. The molecule has 25 heavy (non-hydrogen) atoms. The zero-order valence-electron chi connectivity index (χ0n) is 14.8. The van der Waals surface area contributed by atoms with Crippen molar-refractivity contribution in [2.24, 2.45) is 0 Å². The maximum atomic E-state index is 12.4. The quantitative estimate of drug-likeness (QED) is 0.780. The summed E-state index contributed by atoms with van der Waals surface area (Å²) in [6, 6.07) is 12.5. The van der Waals surface area contributed by atoms with Gasteiger partial charge in [-0.05, 0) is 57.0 Å². The summed E-state index contributed by atoms with van der Waals surface area (Å²) in [7, 11) is 0. The van der Waals surface area contributed by atoms with E-state index in [1.165, 1.54) is 6.07 Å². The minimum absolute atomic E-state index is 0.0651. The Kier molecular flexibility index (Phi) is 4.45. The van der Waals surface area contributed by atoms with Gasteiger partial charge in [0, 0.05) is 23.2 Å². The van der Waals surface area contributed by atoms with Crippen LogP contribution in [-0.2, 0) is 0 Å². The zero-order valence-corrected chi connectivity index (χ0v) is 14.8. The minimum Gasteiger partial charge on any atom is -0.456 e. The van der Waals surface area contributed by atoms with Crippen molar-refractivity contribution in [3.8, 4) is 11.3 Å². The molecule has 0 saturated heterocycles. The van der Waals surface area contributed by atoms with Gasteiger partial charge in [-0.25, -0.2) is 0 Å². The highest BCUT2D eigenvalue weighted by molar-refractivity contribution is 5.94. The van der Waals surface area contributed by atoms with Crippen LogP contribution in [0.25, 0.3) is 22.3 Å². The molecule has 1 aromatic heterocycles. The maximum absolute atomic E-state index is 12.4. The molecule has 0 aliphatic heterocycles. The van der Waals surface area contributed by atoms with E-state index in [-0.39, 0.29) is 17.4 Å². The number of hydrogen-bond acceptors (Lipinski definition) is 3. The van der Waals surface area contributed by atoms with Crippen molar-refractivity contribution >= 4 is 16.9 Å². The average Bonchev–Trinajstić information content (AvgIpc) is 2.55. The molecule has 1 amide bonds. The summed E-state index contributed by atoms with van der Waals surface area (Å²) < 4.78 is 5.98. The Morgan fingerprint density at radius 3 is 2.36 bits per heavy atom. The molecule has 0 spiro atoms. The van der Waals surface area contributed by atoms with Gasteiger partial charge in [-0.1, -0.05) is 18.2 Å². The Morgan fingerprint density at radius 1 is 1.04 bits per heavy atom. The molecule has 0 unspecified atom stereocenters. The van der Waals surface area contributed by atoms with Gasteiger partial charge in [0.15, 0.2) is 5.43 Å². The average molecular weight is 335 g/mol.